The molecule has 2 heterocycles. The van der Waals surface area contributed by atoms with Gasteiger partial charge in [-0.15, -0.1) is 11.3 Å². The summed E-state index contributed by atoms with van der Waals surface area (Å²) >= 11 is 12.5. The van der Waals surface area contributed by atoms with Crippen LogP contribution >= 0.6 is 34.5 Å². The van der Waals surface area contributed by atoms with Crippen molar-refractivity contribution in [3.05, 3.63) is 33.1 Å². The molecular formula is C8H4Cl2N4OS. The number of carbonyl (C=O) groups is 1. The summed E-state index contributed by atoms with van der Waals surface area (Å²) in [7, 11) is 0. The van der Waals surface area contributed by atoms with Crippen LogP contribution in [0.25, 0.3) is 0 Å². The number of hydrogen-bond acceptors (Lipinski definition) is 5. The van der Waals surface area contributed by atoms with Gasteiger partial charge in [-0.25, -0.2) is 9.97 Å². The minimum absolute atomic E-state index is 0.0212. The minimum atomic E-state index is -0.312. The molecule has 0 saturated heterocycles. The first-order valence-corrected chi connectivity index (χ1v) is 5.68. The summed E-state index contributed by atoms with van der Waals surface area (Å²) in [5, 5.41) is 2.68. The second-order valence-corrected chi connectivity index (χ2v) is 4.28. The van der Waals surface area contributed by atoms with Crippen LogP contribution in [0.1, 0.15) is 9.67 Å². The fourth-order valence-electron chi connectivity index (χ4n) is 0.960. The van der Waals surface area contributed by atoms with Crippen molar-refractivity contribution in [2.75, 3.05) is 5.32 Å². The smallest absolute Gasteiger partial charge is 0.268 e. The van der Waals surface area contributed by atoms with Crippen molar-refractivity contribution in [2.24, 2.45) is 0 Å². The third-order valence-electron chi connectivity index (χ3n) is 1.57. The Labute approximate surface area is 104 Å². The Morgan fingerprint density at radius 3 is 2.81 bits per heavy atom. The van der Waals surface area contributed by atoms with Gasteiger partial charge in [0.2, 0.25) is 5.28 Å². The lowest BCUT2D eigenvalue weighted by Crippen LogP contribution is -2.11. The first-order valence-electron chi connectivity index (χ1n) is 4.05. The Kier molecular flexibility index (Phi) is 3.33. The van der Waals surface area contributed by atoms with E-state index in [-0.39, 0.29) is 22.2 Å². The molecule has 0 fully saturated rings. The number of amides is 1. The molecule has 1 N–H and O–H groups in total. The van der Waals surface area contributed by atoms with Gasteiger partial charge < -0.3 is 5.32 Å². The van der Waals surface area contributed by atoms with E-state index in [0.717, 1.165) is 0 Å². The van der Waals surface area contributed by atoms with E-state index >= 15 is 0 Å². The maximum atomic E-state index is 11.6. The van der Waals surface area contributed by atoms with Gasteiger partial charge in [0.15, 0.2) is 0 Å². The summed E-state index contributed by atoms with van der Waals surface area (Å²) < 4.78 is 0. The lowest BCUT2D eigenvalue weighted by atomic mass is 10.5. The number of rotatable bonds is 2. The van der Waals surface area contributed by atoms with Crippen molar-refractivity contribution in [2.45, 2.75) is 0 Å². The first-order chi connectivity index (χ1) is 7.65. The standard InChI is InChI=1S/C8H4Cl2N4OS/c9-5-1-6(14-8(10)12-5)13-7(15)4-2-11-3-16-4/h1-3H,(H,12,13,14,15). The molecule has 0 unspecified atom stereocenters. The third kappa shape index (κ3) is 2.66. The minimum Gasteiger partial charge on any atom is -0.306 e. The van der Waals surface area contributed by atoms with Gasteiger partial charge in [0.1, 0.15) is 15.8 Å². The van der Waals surface area contributed by atoms with E-state index in [2.05, 4.69) is 20.3 Å². The molecule has 0 aliphatic rings. The van der Waals surface area contributed by atoms with E-state index in [0.29, 0.717) is 4.88 Å². The van der Waals surface area contributed by atoms with Crippen LogP contribution in [0.5, 0.6) is 0 Å². The average molecular weight is 275 g/mol. The van der Waals surface area contributed by atoms with Crippen molar-refractivity contribution in [1.82, 2.24) is 15.0 Å². The van der Waals surface area contributed by atoms with Crippen molar-refractivity contribution in [3.63, 3.8) is 0 Å². The predicted octanol–water partition coefficient (Wildman–Crippen LogP) is 2.49. The van der Waals surface area contributed by atoms with Gasteiger partial charge in [0, 0.05) is 6.07 Å². The van der Waals surface area contributed by atoms with Gasteiger partial charge >= 0.3 is 0 Å². The molecule has 0 saturated carbocycles. The monoisotopic (exact) mass is 274 g/mol. The maximum absolute atomic E-state index is 11.6. The number of nitrogens with one attached hydrogen (secondary N) is 1. The molecule has 0 aromatic carbocycles. The fourth-order valence-corrected chi connectivity index (χ4v) is 1.88. The second kappa shape index (κ2) is 4.73. The maximum Gasteiger partial charge on any atom is 0.268 e. The molecule has 0 aliphatic heterocycles. The molecular weight excluding hydrogens is 271 g/mol. The first kappa shape index (κ1) is 11.3. The zero-order chi connectivity index (χ0) is 11.5. The van der Waals surface area contributed by atoms with Crippen LogP contribution < -0.4 is 5.32 Å². The summed E-state index contributed by atoms with van der Waals surface area (Å²) in [6.45, 7) is 0. The van der Waals surface area contributed by atoms with Crippen LogP contribution in [0.15, 0.2) is 17.8 Å². The van der Waals surface area contributed by atoms with Gasteiger partial charge in [-0.05, 0) is 11.6 Å². The van der Waals surface area contributed by atoms with Crippen LogP contribution in [0.3, 0.4) is 0 Å². The highest BCUT2D eigenvalue weighted by atomic mass is 35.5. The SMILES string of the molecule is O=C(Nc1cc(Cl)nc(Cl)n1)c1cncs1. The molecule has 0 atom stereocenters. The Morgan fingerprint density at radius 2 is 2.19 bits per heavy atom. The zero-order valence-corrected chi connectivity index (χ0v) is 9.97. The summed E-state index contributed by atoms with van der Waals surface area (Å²) in [5.41, 5.74) is 1.56. The van der Waals surface area contributed by atoms with Crippen LogP contribution in [0, 0.1) is 0 Å². The molecule has 0 bridgehead atoms. The Morgan fingerprint density at radius 1 is 1.38 bits per heavy atom. The predicted molar refractivity (Wildman–Crippen MR) is 62.1 cm³/mol. The quantitative estimate of drug-likeness (QED) is 0.675. The van der Waals surface area contributed by atoms with Gasteiger partial charge in [0.05, 0.1) is 11.7 Å². The third-order valence-corrected chi connectivity index (χ3v) is 2.70. The highest BCUT2D eigenvalue weighted by Crippen LogP contribution is 2.15. The lowest BCUT2D eigenvalue weighted by Gasteiger charge is -2.02. The topological polar surface area (TPSA) is 67.8 Å². The second-order valence-electron chi connectivity index (χ2n) is 2.66. The largest absolute Gasteiger partial charge is 0.306 e. The molecule has 5 nitrogen and oxygen atoms in total. The van der Waals surface area contributed by atoms with E-state index in [4.69, 9.17) is 23.2 Å². The Bertz CT molecular complexity index is 497. The molecule has 2 rings (SSSR count). The molecule has 2 aromatic heterocycles. The number of nitrogens with zero attached hydrogens (tertiary/aromatic N) is 3. The molecule has 0 spiro atoms. The van der Waals surface area contributed by atoms with Crippen molar-refractivity contribution in [3.8, 4) is 0 Å². The van der Waals surface area contributed by atoms with Crippen molar-refractivity contribution in [1.29, 1.82) is 0 Å². The van der Waals surface area contributed by atoms with Gasteiger partial charge in [-0.2, -0.15) is 0 Å². The van der Waals surface area contributed by atoms with E-state index in [1.165, 1.54) is 23.6 Å². The number of anilines is 1. The summed E-state index contributed by atoms with van der Waals surface area (Å²) in [5.74, 6) is -0.0586. The number of thiazole rings is 1. The Hall–Kier alpha value is -1.24. The van der Waals surface area contributed by atoms with Crippen LogP contribution in [-0.2, 0) is 0 Å². The molecule has 8 heteroatoms. The van der Waals surface area contributed by atoms with Crippen LogP contribution in [0.4, 0.5) is 5.82 Å². The van der Waals surface area contributed by atoms with E-state index in [1.807, 2.05) is 0 Å². The van der Waals surface area contributed by atoms with Gasteiger partial charge in [0.25, 0.3) is 5.91 Å². The number of hydrogen-bond donors (Lipinski definition) is 1. The normalized spacial score (nSPS) is 10.1. The molecule has 82 valence electrons. The molecule has 0 radical (unpaired) electrons. The van der Waals surface area contributed by atoms with Gasteiger partial charge in [-0.3, -0.25) is 9.78 Å². The fraction of sp³-hybridized carbons (Fsp3) is 0. The zero-order valence-electron chi connectivity index (χ0n) is 7.65. The van der Waals surface area contributed by atoms with E-state index in [1.54, 1.807) is 5.51 Å². The van der Waals surface area contributed by atoms with Crippen molar-refractivity contribution >= 4 is 46.3 Å². The molecule has 16 heavy (non-hydrogen) atoms. The number of aromatic nitrogens is 3. The number of halogens is 2. The van der Waals surface area contributed by atoms with E-state index < -0.39 is 0 Å². The molecule has 2 aromatic rings. The summed E-state index contributed by atoms with van der Waals surface area (Å²) in [6, 6.07) is 1.41. The van der Waals surface area contributed by atoms with Crippen LogP contribution in [-0.4, -0.2) is 20.9 Å². The van der Waals surface area contributed by atoms with Crippen molar-refractivity contribution < 1.29 is 4.79 Å². The Balaban J connectivity index is 2.18. The molecule has 0 aliphatic carbocycles. The van der Waals surface area contributed by atoms with E-state index in [9.17, 15) is 4.79 Å². The average Bonchev–Trinajstić information content (AvgIpc) is 2.68. The number of carbonyl (C=O) groups excluding carboxylic acids is 1. The van der Waals surface area contributed by atoms with Crippen LogP contribution in [0.2, 0.25) is 10.4 Å². The summed E-state index contributed by atoms with van der Waals surface area (Å²) in [4.78, 5) is 23.3. The summed E-state index contributed by atoms with van der Waals surface area (Å²) in [6.07, 6.45) is 1.46. The lowest BCUT2D eigenvalue weighted by molar-refractivity contribution is 0.103. The molecule has 1 amide bonds. The highest BCUT2D eigenvalue weighted by molar-refractivity contribution is 7.11. The van der Waals surface area contributed by atoms with Gasteiger partial charge in [-0.1, -0.05) is 11.6 Å². The highest BCUT2D eigenvalue weighted by Gasteiger charge is 2.09.